The fraction of sp³-hybridized carbons (Fsp3) is 0.0909. The van der Waals surface area contributed by atoms with Gasteiger partial charge in [0.2, 0.25) is 0 Å². The average molecular weight is 361 g/mol. The summed E-state index contributed by atoms with van der Waals surface area (Å²) >= 11 is 6.16. The van der Waals surface area contributed by atoms with Crippen LogP contribution in [0.3, 0.4) is 0 Å². The van der Waals surface area contributed by atoms with Crippen molar-refractivity contribution in [3.8, 4) is 11.4 Å². The number of rotatable bonds is 4. The minimum Gasteiger partial charge on any atom is -0.292 e. The Morgan fingerprint density at radius 3 is 2.46 bits per heavy atom. The summed E-state index contributed by atoms with van der Waals surface area (Å²) in [7, 11) is 0. The molecule has 0 bridgehead atoms. The molecule has 0 atom stereocenters. The van der Waals surface area contributed by atoms with E-state index in [1.54, 1.807) is 4.57 Å². The molecule has 0 amide bonds. The molecule has 0 radical (unpaired) electrons. The Kier molecular flexibility index (Phi) is 4.55. The van der Waals surface area contributed by atoms with Crippen molar-refractivity contribution in [2.24, 2.45) is 0 Å². The zero-order valence-electron chi connectivity index (χ0n) is 14.1. The van der Waals surface area contributed by atoms with Crippen LogP contribution in [-0.2, 0) is 13.0 Å². The van der Waals surface area contributed by atoms with Crippen molar-refractivity contribution in [3.63, 3.8) is 0 Å². The summed E-state index contributed by atoms with van der Waals surface area (Å²) in [6.07, 6.45) is 0.758. The van der Waals surface area contributed by atoms with E-state index < -0.39 is 0 Å². The van der Waals surface area contributed by atoms with Crippen molar-refractivity contribution in [2.75, 3.05) is 0 Å². The van der Waals surface area contributed by atoms with E-state index >= 15 is 0 Å². The van der Waals surface area contributed by atoms with E-state index in [0.717, 1.165) is 12.0 Å². The topological polar surface area (TPSA) is 34.9 Å². The van der Waals surface area contributed by atoms with Gasteiger partial charge in [0.25, 0.3) is 5.56 Å². The van der Waals surface area contributed by atoms with E-state index in [0.29, 0.717) is 28.3 Å². The lowest BCUT2D eigenvalue weighted by Gasteiger charge is -2.14. The third kappa shape index (κ3) is 3.26. The number of halogens is 1. The molecule has 0 N–H and O–H groups in total. The van der Waals surface area contributed by atoms with E-state index in [-0.39, 0.29) is 5.56 Å². The Balaban J connectivity index is 1.86. The average Bonchev–Trinajstić information content (AvgIpc) is 2.68. The highest BCUT2D eigenvalue weighted by Crippen LogP contribution is 2.22. The summed E-state index contributed by atoms with van der Waals surface area (Å²) < 4.78 is 1.75. The first kappa shape index (κ1) is 16.6. The first-order chi connectivity index (χ1) is 12.7. The van der Waals surface area contributed by atoms with Crippen molar-refractivity contribution >= 4 is 22.5 Å². The Bertz CT molecular complexity index is 1120. The summed E-state index contributed by atoms with van der Waals surface area (Å²) in [5.41, 5.74) is 2.70. The first-order valence-corrected chi connectivity index (χ1v) is 8.89. The monoisotopic (exact) mass is 360 g/mol. The van der Waals surface area contributed by atoms with Crippen LogP contribution in [0.2, 0.25) is 5.02 Å². The maximum atomic E-state index is 13.1. The van der Waals surface area contributed by atoms with Crippen LogP contribution in [0.4, 0.5) is 0 Å². The molecule has 0 saturated carbocycles. The molecule has 3 aromatic carbocycles. The fourth-order valence-corrected chi connectivity index (χ4v) is 3.30. The van der Waals surface area contributed by atoms with E-state index in [4.69, 9.17) is 16.6 Å². The number of fused-ring (bicyclic) bond motifs is 1. The lowest BCUT2D eigenvalue weighted by atomic mass is 10.1. The van der Waals surface area contributed by atoms with Gasteiger partial charge in [-0.15, -0.1) is 0 Å². The van der Waals surface area contributed by atoms with Crippen LogP contribution in [-0.4, -0.2) is 9.55 Å². The first-order valence-electron chi connectivity index (χ1n) is 8.52. The molecule has 4 aromatic rings. The number of benzene rings is 3. The second kappa shape index (κ2) is 7.14. The molecule has 4 rings (SSSR count). The maximum absolute atomic E-state index is 13.1. The van der Waals surface area contributed by atoms with Gasteiger partial charge in [0.05, 0.1) is 10.9 Å². The molecule has 26 heavy (non-hydrogen) atoms. The molecule has 4 heteroatoms. The lowest BCUT2D eigenvalue weighted by molar-refractivity contribution is 0.671. The number of hydrogen-bond donors (Lipinski definition) is 0. The predicted octanol–water partition coefficient (Wildman–Crippen LogP) is 4.96. The van der Waals surface area contributed by atoms with Crippen molar-refractivity contribution in [3.05, 3.63) is 99.8 Å². The minimum atomic E-state index is -0.0264. The van der Waals surface area contributed by atoms with Crippen LogP contribution >= 0.6 is 11.6 Å². The Labute approximate surface area is 156 Å². The molecule has 0 spiro atoms. The number of hydrogen-bond acceptors (Lipinski definition) is 2. The number of nitrogens with zero attached hydrogens (tertiary/aromatic N) is 2. The maximum Gasteiger partial charge on any atom is 0.261 e. The molecule has 0 aliphatic carbocycles. The normalized spacial score (nSPS) is 11.0. The molecule has 0 aliphatic rings. The van der Waals surface area contributed by atoms with E-state index in [1.807, 2.05) is 66.7 Å². The zero-order chi connectivity index (χ0) is 17.9. The molecule has 128 valence electrons. The van der Waals surface area contributed by atoms with Crippen molar-refractivity contribution in [2.45, 2.75) is 13.0 Å². The zero-order valence-corrected chi connectivity index (χ0v) is 14.9. The Morgan fingerprint density at radius 2 is 1.65 bits per heavy atom. The van der Waals surface area contributed by atoms with Crippen LogP contribution in [0.1, 0.15) is 5.56 Å². The van der Waals surface area contributed by atoms with Crippen LogP contribution in [0, 0.1) is 0 Å². The van der Waals surface area contributed by atoms with Crippen LogP contribution < -0.4 is 5.56 Å². The molecule has 1 heterocycles. The molecule has 0 saturated heterocycles. The summed E-state index contributed by atoms with van der Waals surface area (Å²) in [5, 5.41) is 1.26. The quantitative estimate of drug-likeness (QED) is 0.515. The fourth-order valence-electron chi connectivity index (χ4n) is 3.11. The molecule has 0 fully saturated rings. The van der Waals surface area contributed by atoms with Gasteiger partial charge >= 0.3 is 0 Å². The van der Waals surface area contributed by atoms with Gasteiger partial charge in [0.15, 0.2) is 0 Å². The Morgan fingerprint density at radius 1 is 0.885 bits per heavy atom. The van der Waals surface area contributed by atoms with Crippen molar-refractivity contribution < 1.29 is 0 Å². The number of aryl methyl sites for hydroxylation is 1. The van der Waals surface area contributed by atoms with Crippen LogP contribution in [0.5, 0.6) is 0 Å². The van der Waals surface area contributed by atoms with Gasteiger partial charge < -0.3 is 0 Å². The van der Waals surface area contributed by atoms with Crippen molar-refractivity contribution in [1.82, 2.24) is 9.55 Å². The number of aromatic nitrogens is 2. The summed E-state index contributed by atoms with van der Waals surface area (Å²) in [6.45, 7) is 0.558. The van der Waals surface area contributed by atoms with Gasteiger partial charge in [-0.1, -0.05) is 66.2 Å². The van der Waals surface area contributed by atoms with E-state index in [9.17, 15) is 4.79 Å². The Hall–Kier alpha value is -2.91. The third-order valence-electron chi connectivity index (χ3n) is 4.41. The van der Waals surface area contributed by atoms with E-state index in [2.05, 4.69) is 12.1 Å². The summed E-state index contributed by atoms with van der Waals surface area (Å²) in [6, 6.07) is 25.1. The largest absolute Gasteiger partial charge is 0.292 e. The van der Waals surface area contributed by atoms with Gasteiger partial charge in [-0.25, -0.2) is 4.98 Å². The van der Waals surface area contributed by atoms with Crippen molar-refractivity contribution in [1.29, 1.82) is 0 Å². The second-order valence-electron chi connectivity index (χ2n) is 6.16. The smallest absolute Gasteiger partial charge is 0.261 e. The SMILES string of the molecule is O=c1c2ccccc2nc(-c2cccc(Cl)c2)n1CCc1ccccc1. The molecule has 0 aliphatic heterocycles. The molecular formula is C22H17ClN2O. The van der Waals surface area contributed by atoms with Gasteiger partial charge in [-0.3, -0.25) is 9.36 Å². The van der Waals surface area contributed by atoms with Gasteiger partial charge in [-0.05, 0) is 36.2 Å². The third-order valence-corrected chi connectivity index (χ3v) is 4.65. The predicted molar refractivity (Wildman–Crippen MR) is 107 cm³/mol. The molecule has 1 aromatic heterocycles. The molecule has 3 nitrogen and oxygen atoms in total. The molecule has 0 unspecified atom stereocenters. The van der Waals surface area contributed by atoms with Gasteiger partial charge in [-0.2, -0.15) is 0 Å². The lowest BCUT2D eigenvalue weighted by Crippen LogP contribution is -2.24. The summed E-state index contributed by atoms with van der Waals surface area (Å²) in [4.78, 5) is 17.9. The van der Waals surface area contributed by atoms with Crippen LogP contribution in [0.15, 0.2) is 83.7 Å². The highest BCUT2D eigenvalue weighted by molar-refractivity contribution is 6.30. The van der Waals surface area contributed by atoms with Gasteiger partial charge in [0.1, 0.15) is 5.82 Å². The standard InChI is InChI=1S/C22H17ClN2O/c23-18-10-6-9-17(15-18)21-24-20-12-5-4-11-19(20)22(26)25(21)14-13-16-7-2-1-3-8-16/h1-12,15H,13-14H2. The van der Waals surface area contributed by atoms with Crippen LogP contribution in [0.25, 0.3) is 22.3 Å². The molecular weight excluding hydrogens is 344 g/mol. The van der Waals surface area contributed by atoms with Gasteiger partial charge in [0, 0.05) is 17.1 Å². The highest BCUT2D eigenvalue weighted by atomic mass is 35.5. The second-order valence-corrected chi connectivity index (χ2v) is 6.59. The summed E-state index contributed by atoms with van der Waals surface area (Å²) in [5.74, 6) is 0.645. The minimum absolute atomic E-state index is 0.0264. The number of para-hydroxylation sites is 1. The van der Waals surface area contributed by atoms with E-state index in [1.165, 1.54) is 5.56 Å². The highest BCUT2D eigenvalue weighted by Gasteiger charge is 2.13.